The van der Waals surface area contributed by atoms with Gasteiger partial charge in [0, 0.05) is 42.0 Å². The molecular formula is C24H28FN5O2. The molecule has 7 nitrogen and oxygen atoms in total. The highest BCUT2D eigenvalue weighted by atomic mass is 19.1. The number of amidine groups is 1. The fourth-order valence-corrected chi connectivity index (χ4v) is 4.83. The molecule has 3 atom stereocenters. The maximum atomic E-state index is 14.9. The van der Waals surface area contributed by atoms with Crippen LogP contribution in [-0.2, 0) is 4.79 Å². The van der Waals surface area contributed by atoms with Gasteiger partial charge in [-0.25, -0.2) is 9.82 Å². The van der Waals surface area contributed by atoms with E-state index in [2.05, 4.69) is 41.2 Å². The van der Waals surface area contributed by atoms with Gasteiger partial charge in [-0.05, 0) is 46.0 Å². The van der Waals surface area contributed by atoms with E-state index < -0.39 is 6.04 Å². The quantitative estimate of drug-likeness (QED) is 0.783. The lowest BCUT2D eigenvalue weighted by Gasteiger charge is -2.45. The summed E-state index contributed by atoms with van der Waals surface area (Å²) in [6, 6.07) is 11.0. The Hall–Kier alpha value is -3.13. The maximum absolute atomic E-state index is 14.9. The highest BCUT2D eigenvalue weighted by Gasteiger charge is 2.37. The molecule has 0 saturated carbocycles. The standard InChI is InChI=1S/C24H28FN5O2/c1-14-12-29(15(2)11-28(14)4)20-10-21-22(9-18(20)17-7-5-6-8-19(17)25)32-13-23-26-27-24(31)16(3)30(21)23/h5-10,14-16H,11-13H2,1-4H3,(H,27,31)/t14-,15+,16-/m0/s1. The lowest BCUT2D eigenvalue weighted by molar-refractivity contribution is -0.122. The van der Waals surface area contributed by atoms with Crippen molar-refractivity contribution < 1.29 is 13.9 Å². The number of anilines is 2. The van der Waals surface area contributed by atoms with Gasteiger partial charge in [0.1, 0.15) is 24.2 Å². The number of carbonyl (C=O) groups is 1. The van der Waals surface area contributed by atoms with Crippen molar-refractivity contribution in [2.45, 2.75) is 38.9 Å². The van der Waals surface area contributed by atoms with E-state index in [4.69, 9.17) is 4.74 Å². The number of carbonyl (C=O) groups excluding carboxylic acids is 1. The number of hydrogen-bond donors (Lipinski definition) is 1. The van der Waals surface area contributed by atoms with Crippen LogP contribution in [0.5, 0.6) is 5.75 Å². The van der Waals surface area contributed by atoms with Crippen molar-refractivity contribution in [1.82, 2.24) is 10.3 Å². The van der Waals surface area contributed by atoms with Gasteiger partial charge in [0.15, 0.2) is 5.84 Å². The maximum Gasteiger partial charge on any atom is 0.262 e. The summed E-state index contributed by atoms with van der Waals surface area (Å²) >= 11 is 0. The number of hydrazone groups is 1. The Morgan fingerprint density at radius 1 is 1.06 bits per heavy atom. The van der Waals surface area contributed by atoms with Crippen LogP contribution in [0, 0.1) is 5.82 Å². The molecule has 3 aliphatic rings. The molecule has 0 radical (unpaired) electrons. The third-order valence-electron chi connectivity index (χ3n) is 6.80. The molecule has 8 heteroatoms. The molecule has 0 aliphatic carbocycles. The number of fused-ring (bicyclic) bond motifs is 3. The molecule has 1 amide bonds. The first-order valence-electron chi connectivity index (χ1n) is 11.0. The molecule has 0 spiro atoms. The van der Waals surface area contributed by atoms with Gasteiger partial charge in [-0.15, -0.1) is 0 Å². The molecule has 1 fully saturated rings. The molecule has 3 heterocycles. The number of likely N-dealkylation sites (N-methyl/N-ethyl adjacent to an activating group) is 1. The van der Waals surface area contributed by atoms with Crippen LogP contribution in [0.3, 0.4) is 0 Å². The summed E-state index contributed by atoms with van der Waals surface area (Å²) in [6.45, 7) is 8.20. The number of amides is 1. The summed E-state index contributed by atoms with van der Waals surface area (Å²) in [5, 5.41) is 4.19. The van der Waals surface area contributed by atoms with E-state index in [0.717, 1.165) is 30.0 Å². The number of piperazine rings is 1. The zero-order valence-corrected chi connectivity index (χ0v) is 18.8. The second-order valence-electron chi connectivity index (χ2n) is 8.95. The van der Waals surface area contributed by atoms with E-state index in [9.17, 15) is 9.18 Å². The monoisotopic (exact) mass is 437 g/mol. The smallest absolute Gasteiger partial charge is 0.262 e. The normalized spacial score (nSPS) is 25.5. The first-order chi connectivity index (χ1) is 15.3. The van der Waals surface area contributed by atoms with Crippen molar-refractivity contribution in [3.05, 3.63) is 42.2 Å². The molecule has 2 aromatic rings. The van der Waals surface area contributed by atoms with Gasteiger partial charge >= 0.3 is 0 Å². The second-order valence-corrected chi connectivity index (χ2v) is 8.95. The van der Waals surface area contributed by atoms with Gasteiger partial charge in [-0.2, -0.15) is 5.10 Å². The van der Waals surface area contributed by atoms with Crippen LogP contribution in [-0.4, -0.2) is 61.5 Å². The van der Waals surface area contributed by atoms with E-state index in [0.29, 0.717) is 23.2 Å². The topological polar surface area (TPSA) is 60.4 Å². The fourth-order valence-electron chi connectivity index (χ4n) is 4.83. The number of halogens is 1. The van der Waals surface area contributed by atoms with E-state index in [1.807, 2.05) is 30.0 Å². The van der Waals surface area contributed by atoms with Crippen LogP contribution in [0.4, 0.5) is 15.8 Å². The van der Waals surface area contributed by atoms with E-state index in [1.165, 1.54) is 6.07 Å². The Balaban J connectivity index is 1.70. The summed E-state index contributed by atoms with van der Waals surface area (Å²) in [7, 11) is 2.13. The van der Waals surface area contributed by atoms with Crippen molar-refractivity contribution in [3.8, 4) is 16.9 Å². The SMILES string of the molecule is C[C@@H]1CN(C)[C@@H](C)CN1c1cc2c(cc1-c1ccccc1F)OCC1=NNC(=O)[C@H](C)N12. The molecule has 5 rings (SSSR count). The zero-order valence-electron chi connectivity index (χ0n) is 18.8. The molecule has 2 aromatic carbocycles. The third kappa shape index (κ3) is 3.30. The lowest BCUT2D eigenvalue weighted by Crippen LogP contribution is -2.56. The Morgan fingerprint density at radius 3 is 2.62 bits per heavy atom. The first-order valence-corrected chi connectivity index (χ1v) is 11.0. The highest BCUT2D eigenvalue weighted by molar-refractivity contribution is 6.10. The van der Waals surface area contributed by atoms with Crippen LogP contribution in [0.1, 0.15) is 20.8 Å². The predicted molar refractivity (Wildman–Crippen MR) is 124 cm³/mol. The summed E-state index contributed by atoms with van der Waals surface area (Å²) in [5.41, 5.74) is 5.61. The predicted octanol–water partition coefficient (Wildman–Crippen LogP) is 3.05. The Morgan fingerprint density at radius 2 is 1.84 bits per heavy atom. The molecule has 1 N–H and O–H groups in total. The van der Waals surface area contributed by atoms with Gasteiger partial charge in [-0.1, -0.05) is 18.2 Å². The molecule has 168 valence electrons. The van der Waals surface area contributed by atoms with Crippen LogP contribution >= 0.6 is 0 Å². The van der Waals surface area contributed by atoms with Crippen LogP contribution < -0.4 is 20.0 Å². The van der Waals surface area contributed by atoms with E-state index >= 15 is 0 Å². The van der Waals surface area contributed by atoms with Gasteiger partial charge in [0.05, 0.1) is 5.69 Å². The molecule has 0 aromatic heterocycles. The van der Waals surface area contributed by atoms with Crippen molar-refractivity contribution in [3.63, 3.8) is 0 Å². The van der Waals surface area contributed by atoms with Crippen LogP contribution in [0.15, 0.2) is 41.5 Å². The second kappa shape index (κ2) is 7.78. The largest absolute Gasteiger partial charge is 0.483 e. The van der Waals surface area contributed by atoms with E-state index in [1.54, 1.807) is 12.1 Å². The van der Waals surface area contributed by atoms with Gasteiger partial charge < -0.3 is 14.5 Å². The minimum absolute atomic E-state index is 0.164. The fraction of sp³-hybridized carbons (Fsp3) is 0.417. The lowest BCUT2D eigenvalue weighted by atomic mass is 9.97. The number of rotatable bonds is 2. The third-order valence-corrected chi connectivity index (χ3v) is 6.80. The number of hydrogen-bond acceptors (Lipinski definition) is 6. The summed E-state index contributed by atoms with van der Waals surface area (Å²) in [5.74, 6) is 0.853. The summed E-state index contributed by atoms with van der Waals surface area (Å²) < 4.78 is 20.9. The Kier molecular flexibility index (Phi) is 5.04. The van der Waals surface area contributed by atoms with Crippen molar-refractivity contribution >= 4 is 23.1 Å². The minimum atomic E-state index is -0.416. The van der Waals surface area contributed by atoms with Crippen LogP contribution in [0.2, 0.25) is 0 Å². The number of ether oxygens (including phenoxy) is 1. The summed E-state index contributed by atoms with van der Waals surface area (Å²) in [6.07, 6.45) is 0. The summed E-state index contributed by atoms with van der Waals surface area (Å²) in [4.78, 5) is 19.0. The average molecular weight is 438 g/mol. The molecule has 0 unspecified atom stereocenters. The molecule has 32 heavy (non-hydrogen) atoms. The number of nitrogens with one attached hydrogen (secondary N) is 1. The van der Waals surface area contributed by atoms with Gasteiger partial charge in [-0.3, -0.25) is 9.69 Å². The Labute approximate surface area is 187 Å². The van der Waals surface area contributed by atoms with Gasteiger partial charge in [0.2, 0.25) is 0 Å². The molecule has 1 saturated heterocycles. The zero-order chi connectivity index (χ0) is 22.6. The Bertz CT molecular complexity index is 1100. The molecule has 0 bridgehead atoms. The molecular weight excluding hydrogens is 409 g/mol. The van der Waals surface area contributed by atoms with Crippen molar-refractivity contribution in [2.75, 3.05) is 36.5 Å². The highest BCUT2D eigenvalue weighted by Crippen LogP contribution is 2.45. The number of nitrogens with zero attached hydrogens (tertiary/aromatic N) is 4. The molecule has 3 aliphatic heterocycles. The van der Waals surface area contributed by atoms with E-state index in [-0.39, 0.29) is 24.4 Å². The average Bonchev–Trinajstić information content (AvgIpc) is 2.78. The minimum Gasteiger partial charge on any atom is -0.483 e. The van der Waals surface area contributed by atoms with Crippen LogP contribution in [0.25, 0.3) is 11.1 Å². The van der Waals surface area contributed by atoms with Crippen molar-refractivity contribution in [1.29, 1.82) is 0 Å². The van der Waals surface area contributed by atoms with Gasteiger partial charge in [0.25, 0.3) is 5.91 Å². The number of benzene rings is 2. The first kappa shape index (κ1) is 20.8. The van der Waals surface area contributed by atoms with Crippen molar-refractivity contribution in [2.24, 2.45) is 5.10 Å².